The van der Waals surface area contributed by atoms with Crippen LogP contribution in [-0.2, 0) is 10.0 Å². The number of aromatic nitrogens is 4. The summed E-state index contributed by atoms with van der Waals surface area (Å²) in [6, 6.07) is 8.24. The molecule has 1 atom stereocenters. The molecule has 1 aliphatic heterocycles. The zero-order valence-corrected chi connectivity index (χ0v) is 15.6. The molecule has 7 nitrogen and oxygen atoms in total. The lowest BCUT2D eigenvalue weighted by atomic mass is 10.0. The van der Waals surface area contributed by atoms with E-state index in [1.807, 2.05) is 22.9 Å². The Labute approximate surface area is 152 Å². The summed E-state index contributed by atoms with van der Waals surface area (Å²) in [7, 11) is -3.13. The summed E-state index contributed by atoms with van der Waals surface area (Å²) < 4.78 is 26.9. The zero-order valence-electron chi connectivity index (χ0n) is 14.8. The van der Waals surface area contributed by atoms with Crippen molar-refractivity contribution < 1.29 is 8.42 Å². The van der Waals surface area contributed by atoms with Crippen molar-refractivity contribution >= 4 is 10.0 Å². The molecule has 1 fully saturated rings. The molecule has 3 heterocycles. The number of hydrogen-bond donors (Lipinski definition) is 1. The maximum Gasteiger partial charge on any atom is 0.211 e. The van der Waals surface area contributed by atoms with Gasteiger partial charge in [0.25, 0.3) is 0 Å². The summed E-state index contributed by atoms with van der Waals surface area (Å²) in [6.07, 6.45) is 7.52. The maximum absolute atomic E-state index is 11.7. The highest BCUT2D eigenvalue weighted by molar-refractivity contribution is 7.88. The Hall–Kier alpha value is -2.45. The third kappa shape index (κ3) is 3.17. The van der Waals surface area contributed by atoms with Gasteiger partial charge in [0.2, 0.25) is 10.0 Å². The van der Waals surface area contributed by atoms with Crippen LogP contribution in [0.1, 0.15) is 23.6 Å². The Kier molecular flexibility index (Phi) is 4.16. The van der Waals surface area contributed by atoms with Crippen molar-refractivity contribution in [1.29, 1.82) is 0 Å². The number of aryl methyl sites for hydroxylation is 1. The Morgan fingerprint density at radius 3 is 2.81 bits per heavy atom. The Morgan fingerprint density at radius 1 is 1.27 bits per heavy atom. The lowest BCUT2D eigenvalue weighted by Gasteiger charge is -2.12. The second-order valence-corrected chi connectivity index (χ2v) is 8.77. The van der Waals surface area contributed by atoms with Crippen molar-refractivity contribution in [2.24, 2.45) is 0 Å². The SMILES string of the molecule is Cc1ccc(-c2cc(C3CCN(S(C)(=O)=O)C3)[nH]n2)cc1-n1ccnc1. The third-order valence-corrected chi connectivity index (χ3v) is 6.21. The molecule has 8 heteroatoms. The number of H-pyrrole nitrogens is 1. The third-order valence-electron chi connectivity index (χ3n) is 4.94. The topological polar surface area (TPSA) is 83.9 Å². The number of benzene rings is 1. The van der Waals surface area contributed by atoms with E-state index in [1.54, 1.807) is 12.5 Å². The fourth-order valence-electron chi connectivity index (χ4n) is 3.43. The van der Waals surface area contributed by atoms with E-state index >= 15 is 0 Å². The van der Waals surface area contributed by atoms with Crippen LogP contribution < -0.4 is 0 Å². The summed E-state index contributed by atoms with van der Waals surface area (Å²) in [5, 5.41) is 7.55. The van der Waals surface area contributed by atoms with Crippen LogP contribution in [0.15, 0.2) is 43.0 Å². The van der Waals surface area contributed by atoms with Gasteiger partial charge in [-0.25, -0.2) is 17.7 Å². The van der Waals surface area contributed by atoms with Crippen molar-refractivity contribution in [2.45, 2.75) is 19.3 Å². The molecule has 1 aliphatic rings. The summed E-state index contributed by atoms with van der Waals surface area (Å²) in [6.45, 7) is 3.13. The molecule has 4 rings (SSSR count). The zero-order chi connectivity index (χ0) is 18.3. The monoisotopic (exact) mass is 371 g/mol. The van der Waals surface area contributed by atoms with Crippen LogP contribution in [0.4, 0.5) is 0 Å². The van der Waals surface area contributed by atoms with Crippen molar-refractivity contribution in [3.05, 3.63) is 54.2 Å². The summed E-state index contributed by atoms with van der Waals surface area (Å²) >= 11 is 0. The van der Waals surface area contributed by atoms with E-state index in [0.29, 0.717) is 13.1 Å². The van der Waals surface area contributed by atoms with Crippen LogP contribution in [0.3, 0.4) is 0 Å². The Morgan fingerprint density at radius 2 is 2.12 bits per heavy atom. The van der Waals surface area contributed by atoms with Gasteiger partial charge in [-0.05, 0) is 31.0 Å². The molecule has 0 amide bonds. The maximum atomic E-state index is 11.7. The van der Waals surface area contributed by atoms with Crippen molar-refractivity contribution in [2.75, 3.05) is 19.3 Å². The Bertz CT molecular complexity index is 1020. The van der Waals surface area contributed by atoms with Gasteiger partial charge >= 0.3 is 0 Å². The predicted molar refractivity (Wildman–Crippen MR) is 99.7 cm³/mol. The van der Waals surface area contributed by atoms with Crippen LogP contribution in [0.2, 0.25) is 0 Å². The minimum absolute atomic E-state index is 0.157. The van der Waals surface area contributed by atoms with E-state index in [1.165, 1.54) is 10.6 Å². The number of nitrogens with zero attached hydrogens (tertiary/aromatic N) is 4. The Balaban J connectivity index is 1.60. The normalized spacial score (nSPS) is 18.5. The molecule has 1 N–H and O–H groups in total. The van der Waals surface area contributed by atoms with Gasteiger partial charge in [-0.1, -0.05) is 12.1 Å². The van der Waals surface area contributed by atoms with E-state index in [4.69, 9.17) is 0 Å². The second kappa shape index (κ2) is 6.37. The summed E-state index contributed by atoms with van der Waals surface area (Å²) in [4.78, 5) is 4.11. The van der Waals surface area contributed by atoms with Gasteiger partial charge in [0.1, 0.15) is 0 Å². The molecule has 1 saturated heterocycles. The molecule has 0 radical (unpaired) electrons. The van der Waals surface area contributed by atoms with Gasteiger partial charge in [-0.15, -0.1) is 0 Å². The quantitative estimate of drug-likeness (QED) is 0.763. The van der Waals surface area contributed by atoms with Gasteiger partial charge < -0.3 is 4.57 Å². The van der Waals surface area contributed by atoms with Crippen LogP contribution in [0, 0.1) is 6.92 Å². The van der Waals surface area contributed by atoms with E-state index in [2.05, 4.69) is 34.2 Å². The number of sulfonamides is 1. The number of aromatic amines is 1. The molecule has 136 valence electrons. The van der Waals surface area contributed by atoms with E-state index in [-0.39, 0.29) is 5.92 Å². The highest BCUT2D eigenvalue weighted by Gasteiger charge is 2.30. The van der Waals surface area contributed by atoms with E-state index in [9.17, 15) is 8.42 Å². The van der Waals surface area contributed by atoms with Crippen LogP contribution >= 0.6 is 0 Å². The van der Waals surface area contributed by atoms with Crippen LogP contribution in [0.5, 0.6) is 0 Å². The number of imidazole rings is 1. The number of nitrogens with one attached hydrogen (secondary N) is 1. The highest BCUT2D eigenvalue weighted by Crippen LogP contribution is 2.30. The fourth-order valence-corrected chi connectivity index (χ4v) is 4.31. The molecule has 0 saturated carbocycles. The molecule has 26 heavy (non-hydrogen) atoms. The average molecular weight is 371 g/mol. The van der Waals surface area contributed by atoms with E-state index in [0.717, 1.165) is 34.6 Å². The van der Waals surface area contributed by atoms with Crippen molar-refractivity contribution in [1.82, 2.24) is 24.1 Å². The highest BCUT2D eigenvalue weighted by atomic mass is 32.2. The molecule has 1 unspecified atom stereocenters. The smallest absolute Gasteiger partial charge is 0.211 e. The molecule has 0 spiro atoms. The molecule has 0 aliphatic carbocycles. The minimum atomic E-state index is -3.13. The average Bonchev–Trinajstić information content (AvgIpc) is 3.34. The lowest BCUT2D eigenvalue weighted by Crippen LogP contribution is -2.27. The molecule has 2 aromatic heterocycles. The number of rotatable bonds is 4. The molecule has 3 aromatic rings. The van der Waals surface area contributed by atoms with Crippen LogP contribution in [0.25, 0.3) is 16.9 Å². The van der Waals surface area contributed by atoms with Gasteiger partial charge in [0, 0.05) is 42.7 Å². The predicted octanol–water partition coefficient (Wildman–Crippen LogP) is 2.32. The first kappa shape index (κ1) is 17.0. The van der Waals surface area contributed by atoms with Gasteiger partial charge in [-0.3, -0.25) is 5.10 Å². The molecule has 0 bridgehead atoms. The molecule has 1 aromatic carbocycles. The van der Waals surface area contributed by atoms with Crippen LogP contribution in [-0.4, -0.2) is 51.8 Å². The van der Waals surface area contributed by atoms with Gasteiger partial charge in [0.15, 0.2) is 0 Å². The lowest BCUT2D eigenvalue weighted by molar-refractivity contribution is 0.477. The van der Waals surface area contributed by atoms with Crippen molar-refractivity contribution in [3.63, 3.8) is 0 Å². The minimum Gasteiger partial charge on any atom is -0.306 e. The largest absolute Gasteiger partial charge is 0.306 e. The first-order chi connectivity index (χ1) is 12.4. The van der Waals surface area contributed by atoms with E-state index < -0.39 is 10.0 Å². The standard InChI is InChI=1S/C18H21N5O2S/c1-13-3-4-14(9-18(13)22-8-6-19-12-22)16-10-17(21-20-16)15-5-7-23(11-15)26(2,24)25/h3-4,6,8-10,12,15H,5,7,11H2,1-2H3,(H,20,21). The first-order valence-electron chi connectivity index (χ1n) is 8.51. The summed E-state index contributed by atoms with van der Waals surface area (Å²) in [5.74, 6) is 0.157. The molecular weight excluding hydrogens is 350 g/mol. The molecular formula is C18H21N5O2S. The fraction of sp³-hybridized carbons (Fsp3) is 0.333. The first-order valence-corrected chi connectivity index (χ1v) is 10.4. The van der Waals surface area contributed by atoms with Gasteiger partial charge in [-0.2, -0.15) is 5.10 Å². The van der Waals surface area contributed by atoms with Crippen molar-refractivity contribution in [3.8, 4) is 16.9 Å². The van der Waals surface area contributed by atoms with Gasteiger partial charge in [0.05, 0.1) is 24.0 Å². The summed E-state index contributed by atoms with van der Waals surface area (Å²) in [5.41, 5.74) is 5.07. The number of hydrogen-bond acceptors (Lipinski definition) is 4. The second-order valence-electron chi connectivity index (χ2n) is 6.79.